The largest absolute Gasteiger partial charge is 0.377 e. The summed E-state index contributed by atoms with van der Waals surface area (Å²) in [6.07, 6.45) is 28.6. The molecule has 0 bridgehead atoms. The summed E-state index contributed by atoms with van der Waals surface area (Å²) in [5.74, 6) is 3.23. The molecular weight excluding hydrogens is 292 g/mol. The number of rotatable bonds is 17. The highest BCUT2D eigenvalue weighted by Crippen LogP contribution is 2.17. The molecule has 0 rings (SSSR count). The van der Waals surface area contributed by atoms with Crippen LogP contribution in [0.5, 0.6) is 0 Å². The van der Waals surface area contributed by atoms with Crippen molar-refractivity contribution in [2.45, 2.75) is 116 Å². The van der Waals surface area contributed by atoms with Crippen molar-refractivity contribution < 1.29 is 5.11 Å². The lowest BCUT2D eigenvalue weighted by atomic mass is 9.97. The zero-order chi connectivity index (χ0) is 17.9. The SMILES string of the molecule is C#CC(O)C=CCCCCCCCCCCCCC(C)CCCC. The number of hydrogen-bond acceptors (Lipinski definition) is 1. The van der Waals surface area contributed by atoms with Crippen LogP contribution >= 0.6 is 0 Å². The van der Waals surface area contributed by atoms with Crippen LogP contribution in [0.3, 0.4) is 0 Å². The Bertz CT molecular complexity index is 312. The number of aliphatic hydroxyl groups excluding tert-OH is 1. The van der Waals surface area contributed by atoms with Gasteiger partial charge in [0.25, 0.3) is 0 Å². The van der Waals surface area contributed by atoms with Gasteiger partial charge in [-0.15, -0.1) is 6.42 Å². The van der Waals surface area contributed by atoms with Gasteiger partial charge in [-0.3, -0.25) is 0 Å². The topological polar surface area (TPSA) is 20.2 Å². The zero-order valence-electron chi connectivity index (χ0n) is 16.4. The quantitative estimate of drug-likeness (QED) is 0.172. The molecule has 140 valence electrons. The van der Waals surface area contributed by atoms with E-state index in [1.54, 1.807) is 6.08 Å². The zero-order valence-corrected chi connectivity index (χ0v) is 16.4. The van der Waals surface area contributed by atoms with Crippen molar-refractivity contribution in [3.05, 3.63) is 12.2 Å². The third-order valence-corrected chi connectivity index (χ3v) is 4.86. The van der Waals surface area contributed by atoms with Crippen LogP contribution in [-0.4, -0.2) is 11.2 Å². The molecule has 2 atom stereocenters. The molecule has 0 aliphatic heterocycles. The van der Waals surface area contributed by atoms with Gasteiger partial charge in [0.15, 0.2) is 0 Å². The van der Waals surface area contributed by atoms with E-state index in [1.807, 2.05) is 6.08 Å². The van der Waals surface area contributed by atoms with Crippen LogP contribution in [0.1, 0.15) is 110 Å². The van der Waals surface area contributed by atoms with E-state index < -0.39 is 6.10 Å². The molecule has 0 heterocycles. The Morgan fingerprint density at radius 1 is 0.833 bits per heavy atom. The fourth-order valence-corrected chi connectivity index (χ4v) is 3.15. The van der Waals surface area contributed by atoms with E-state index in [2.05, 4.69) is 19.8 Å². The molecule has 0 aliphatic carbocycles. The summed E-state index contributed by atoms with van der Waals surface area (Å²) in [6, 6.07) is 0. The van der Waals surface area contributed by atoms with Gasteiger partial charge < -0.3 is 5.11 Å². The lowest BCUT2D eigenvalue weighted by Crippen LogP contribution is -1.95. The van der Waals surface area contributed by atoms with Crippen molar-refractivity contribution in [1.29, 1.82) is 0 Å². The second-order valence-corrected chi connectivity index (χ2v) is 7.40. The average Bonchev–Trinajstić information content (AvgIpc) is 2.59. The summed E-state index contributed by atoms with van der Waals surface area (Å²) in [4.78, 5) is 0. The minimum atomic E-state index is -0.704. The Labute approximate surface area is 152 Å². The third-order valence-electron chi connectivity index (χ3n) is 4.86. The van der Waals surface area contributed by atoms with Gasteiger partial charge in [0.1, 0.15) is 6.10 Å². The monoisotopic (exact) mass is 334 g/mol. The Hall–Kier alpha value is -0.740. The minimum Gasteiger partial charge on any atom is -0.377 e. The van der Waals surface area contributed by atoms with Gasteiger partial charge in [0.05, 0.1) is 0 Å². The molecule has 0 saturated carbocycles. The van der Waals surface area contributed by atoms with Gasteiger partial charge in [0.2, 0.25) is 0 Å². The summed E-state index contributed by atoms with van der Waals surface area (Å²) >= 11 is 0. The molecule has 0 fully saturated rings. The number of allylic oxidation sites excluding steroid dienone is 1. The summed E-state index contributed by atoms with van der Waals surface area (Å²) in [5, 5.41) is 9.17. The van der Waals surface area contributed by atoms with Crippen molar-refractivity contribution in [1.82, 2.24) is 0 Å². The minimum absolute atomic E-state index is 0.704. The van der Waals surface area contributed by atoms with Gasteiger partial charge in [-0.25, -0.2) is 0 Å². The van der Waals surface area contributed by atoms with Crippen LogP contribution < -0.4 is 0 Å². The Balaban J connectivity index is 3.15. The summed E-state index contributed by atoms with van der Waals surface area (Å²) in [5.41, 5.74) is 0. The van der Waals surface area contributed by atoms with Crippen LogP contribution in [0.2, 0.25) is 0 Å². The van der Waals surface area contributed by atoms with Gasteiger partial charge in [-0.2, -0.15) is 0 Å². The molecule has 0 aliphatic rings. The number of terminal acetylenes is 1. The summed E-state index contributed by atoms with van der Waals surface area (Å²) in [6.45, 7) is 4.71. The number of aliphatic hydroxyl groups is 1. The van der Waals surface area contributed by atoms with E-state index >= 15 is 0 Å². The fourth-order valence-electron chi connectivity index (χ4n) is 3.15. The maximum atomic E-state index is 9.17. The molecule has 1 nitrogen and oxygen atoms in total. The first-order valence-electron chi connectivity index (χ1n) is 10.5. The van der Waals surface area contributed by atoms with Crippen LogP contribution in [-0.2, 0) is 0 Å². The van der Waals surface area contributed by atoms with E-state index in [4.69, 9.17) is 6.42 Å². The molecule has 24 heavy (non-hydrogen) atoms. The first kappa shape index (κ1) is 23.3. The summed E-state index contributed by atoms with van der Waals surface area (Å²) < 4.78 is 0. The molecule has 1 N–H and O–H groups in total. The number of unbranched alkanes of at least 4 members (excludes halogenated alkanes) is 11. The van der Waals surface area contributed by atoms with Crippen molar-refractivity contribution in [3.63, 3.8) is 0 Å². The molecule has 2 unspecified atom stereocenters. The lowest BCUT2D eigenvalue weighted by molar-refractivity contribution is 0.280. The van der Waals surface area contributed by atoms with Crippen molar-refractivity contribution >= 4 is 0 Å². The van der Waals surface area contributed by atoms with E-state index in [1.165, 1.54) is 89.9 Å². The van der Waals surface area contributed by atoms with E-state index in [0.29, 0.717) is 0 Å². The Morgan fingerprint density at radius 2 is 1.33 bits per heavy atom. The lowest BCUT2D eigenvalue weighted by Gasteiger charge is -2.10. The standard InChI is InChI=1S/C23H42O/c1-4-6-19-22(3)20-17-15-13-11-9-7-8-10-12-14-16-18-21-23(24)5-2/h2,18,21-24H,4,6-17,19-20H2,1,3H3. The average molecular weight is 335 g/mol. The first-order chi connectivity index (χ1) is 11.7. The predicted molar refractivity (Wildman–Crippen MR) is 108 cm³/mol. The van der Waals surface area contributed by atoms with Crippen LogP contribution in [0.25, 0.3) is 0 Å². The molecule has 0 aromatic rings. The molecule has 0 spiro atoms. The smallest absolute Gasteiger partial charge is 0.133 e. The van der Waals surface area contributed by atoms with E-state index in [9.17, 15) is 5.11 Å². The molecule has 1 heteroatoms. The van der Waals surface area contributed by atoms with Gasteiger partial charge in [-0.05, 0) is 24.8 Å². The first-order valence-corrected chi connectivity index (χ1v) is 10.5. The molecule has 0 aromatic carbocycles. The van der Waals surface area contributed by atoms with Crippen molar-refractivity contribution in [2.75, 3.05) is 0 Å². The van der Waals surface area contributed by atoms with Gasteiger partial charge in [-0.1, -0.05) is 109 Å². The van der Waals surface area contributed by atoms with Crippen LogP contribution in [0.4, 0.5) is 0 Å². The summed E-state index contributed by atoms with van der Waals surface area (Å²) in [7, 11) is 0. The van der Waals surface area contributed by atoms with Crippen LogP contribution in [0, 0.1) is 18.3 Å². The van der Waals surface area contributed by atoms with Crippen LogP contribution in [0.15, 0.2) is 12.2 Å². The highest BCUT2D eigenvalue weighted by atomic mass is 16.3. The highest BCUT2D eigenvalue weighted by molar-refractivity contribution is 5.05. The number of hydrogen-bond donors (Lipinski definition) is 1. The maximum Gasteiger partial charge on any atom is 0.133 e. The van der Waals surface area contributed by atoms with Crippen molar-refractivity contribution in [2.24, 2.45) is 5.92 Å². The molecule has 0 amide bonds. The maximum absolute atomic E-state index is 9.17. The van der Waals surface area contributed by atoms with Crippen molar-refractivity contribution in [3.8, 4) is 12.3 Å². The second-order valence-electron chi connectivity index (χ2n) is 7.40. The third kappa shape index (κ3) is 17.6. The van der Waals surface area contributed by atoms with E-state index in [-0.39, 0.29) is 0 Å². The Kier molecular flexibility index (Phi) is 18.0. The predicted octanol–water partition coefficient (Wildman–Crippen LogP) is 7.04. The molecular formula is C23H42O. The van der Waals surface area contributed by atoms with E-state index in [0.717, 1.165) is 12.3 Å². The Morgan fingerprint density at radius 3 is 1.88 bits per heavy atom. The van der Waals surface area contributed by atoms with Gasteiger partial charge in [0, 0.05) is 0 Å². The highest BCUT2D eigenvalue weighted by Gasteiger charge is 2.01. The second kappa shape index (κ2) is 18.6. The molecule has 0 radical (unpaired) electrons. The molecule has 0 aromatic heterocycles. The van der Waals surface area contributed by atoms with Gasteiger partial charge >= 0.3 is 0 Å². The normalized spacial score (nSPS) is 13.9. The fraction of sp³-hybridized carbons (Fsp3) is 0.826. The molecule has 0 saturated heterocycles.